The standard InChI is InChI=1S/C23H27N3O2S/c1-17-14-20(18(2)26(17)9-8-19-6-4-3-5-7-19)21-16-29-22(24-21)15-23(27)25-10-12-28-13-11-25/h3-7,14,16H,8-13,15H2,1-2H3. The Kier molecular flexibility index (Phi) is 6.11. The topological polar surface area (TPSA) is 47.4 Å². The van der Waals surface area contributed by atoms with E-state index in [2.05, 4.69) is 60.2 Å². The summed E-state index contributed by atoms with van der Waals surface area (Å²) < 4.78 is 7.69. The molecule has 0 radical (unpaired) electrons. The van der Waals surface area contributed by atoms with Gasteiger partial charge in [0.1, 0.15) is 5.01 Å². The number of rotatable bonds is 6. The summed E-state index contributed by atoms with van der Waals surface area (Å²) in [4.78, 5) is 19.1. The van der Waals surface area contributed by atoms with Gasteiger partial charge in [0.25, 0.3) is 0 Å². The molecule has 1 saturated heterocycles. The van der Waals surface area contributed by atoms with E-state index in [0.717, 1.165) is 29.2 Å². The summed E-state index contributed by atoms with van der Waals surface area (Å²) >= 11 is 1.57. The molecule has 0 bridgehead atoms. The molecule has 29 heavy (non-hydrogen) atoms. The molecule has 6 heteroatoms. The average Bonchev–Trinajstić information content (AvgIpc) is 3.32. The van der Waals surface area contributed by atoms with E-state index in [9.17, 15) is 4.79 Å². The number of thiazole rings is 1. The van der Waals surface area contributed by atoms with Gasteiger partial charge in [-0.2, -0.15) is 0 Å². The van der Waals surface area contributed by atoms with Gasteiger partial charge in [-0.25, -0.2) is 4.98 Å². The van der Waals surface area contributed by atoms with Gasteiger partial charge in [0.05, 0.1) is 25.3 Å². The van der Waals surface area contributed by atoms with Crippen molar-refractivity contribution in [2.45, 2.75) is 33.2 Å². The monoisotopic (exact) mass is 409 g/mol. The van der Waals surface area contributed by atoms with Gasteiger partial charge >= 0.3 is 0 Å². The average molecular weight is 410 g/mol. The molecule has 0 N–H and O–H groups in total. The van der Waals surface area contributed by atoms with Crippen LogP contribution in [-0.2, 0) is 28.9 Å². The molecule has 5 nitrogen and oxygen atoms in total. The van der Waals surface area contributed by atoms with E-state index < -0.39 is 0 Å². The van der Waals surface area contributed by atoms with Crippen molar-refractivity contribution in [1.29, 1.82) is 0 Å². The quantitative estimate of drug-likeness (QED) is 0.621. The molecular formula is C23H27N3O2S. The highest BCUT2D eigenvalue weighted by Gasteiger charge is 2.19. The fourth-order valence-corrected chi connectivity index (χ4v) is 4.65. The first-order valence-electron chi connectivity index (χ1n) is 10.1. The molecule has 1 amide bonds. The zero-order chi connectivity index (χ0) is 20.2. The van der Waals surface area contributed by atoms with Crippen LogP contribution in [0.5, 0.6) is 0 Å². The summed E-state index contributed by atoms with van der Waals surface area (Å²) in [5.41, 5.74) is 5.96. The third-order valence-electron chi connectivity index (χ3n) is 5.53. The summed E-state index contributed by atoms with van der Waals surface area (Å²) in [7, 11) is 0. The Morgan fingerprint density at radius 3 is 2.69 bits per heavy atom. The van der Waals surface area contributed by atoms with Gasteiger partial charge < -0.3 is 14.2 Å². The minimum absolute atomic E-state index is 0.141. The molecule has 1 fully saturated rings. The van der Waals surface area contributed by atoms with Gasteiger partial charge in [-0.1, -0.05) is 30.3 Å². The van der Waals surface area contributed by atoms with Crippen LogP contribution in [0, 0.1) is 13.8 Å². The number of ether oxygens (including phenoxy) is 1. The van der Waals surface area contributed by atoms with Crippen LogP contribution in [0.25, 0.3) is 11.3 Å². The van der Waals surface area contributed by atoms with E-state index in [1.807, 2.05) is 4.90 Å². The van der Waals surface area contributed by atoms with Gasteiger partial charge in [-0.15, -0.1) is 11.3 Å². The summed E-state index contributed by atoms with van der Waals surface area (Å²) in [6.45, 7) is 7.88. The number of hydrogen-bond donors (Lipinski definition) is 0. The summed E-state index contributed by atoms with van der Waals surface area (Å²) in [6, 6.07) is 12.8. The Balaban J connectivity index is 1.45. The van der Waals surface area contributed by atoms with Crippen LogP contribution in [0.3, 0.4) is 0 Å². The number of hydrogen-bond acceptors (Lipinski definition) is 4. The molecule has 0 aliphatic carbocycles. The fraction of sp³-hybridized carbons (Fsp3) is 0.391. The van der Waals surface area contributed by atoms with Crippen LogP contribution in [0.1, 0.15) is 22.0 Å². The number of aryl methyl sites for hydroxylation is 2. The molecule has 1 aliphatic rings. The van der Waals surface area contributed by atoms with Gasteiger partial charge in [0, 0.05) is 42.0 Å². The molecule has 3 heterocycles. The van der Waals surface area contributed by atoms with Gasteiger partial charge in [0.2, 0.25) is 5.91 Å². The second kappa shape index (κ2) is 8.93. The van der Waals surface area contributed by atoms with E-state index in [1.165, 1.54) is 17.0 Å². The molecule has 1 aromatic carbocycles. The molecule has 0 atom stereocenters. The lowest BCUT2D eigenvalue weighted by Gasteiger charge is -2.26. The molecule has 1 aliphatic heterocycles. The maximum absolute atomic E-state index is 12.5. The smallest absolute Gasteiger partial charge is 0.229 e. The number of carbonyl (C=O) groups excluding carboxylic acids is 1. The highest BCUT2D eigenvalue weighted by Crippen LogP contribution is 2.28. The molecule has 3 aromatic rings. The molecule has 0 spiro atoms. The summed E-state index contributed by atoms with van der Waals surface area (Å²) in [6.07, 6.45) is 1.38. The van der Waals surface area contributed by atoms with Crippen molar-refractivity contribution < 1.29 is 9.53 Å². The first-order valence-corrected chi connectivity index (χ1v) is 11.0. The molecule has 4 rings (SSSR count). The van der Waals surface area contributed by atoms with E-state index in [4.69, 9.17) is 9.72 Å². The molecule has 152 valence electrons. The molecular weight excluding hydrogens is 382 g/mol. The third kappa shape index (κ3) is 4.60. The van der Waals surface area contributed by atoms with Crippen molar-refractivity contribution in [3.8, 4) is 11.3 Å². The van der Waals surface area contributed by atoms with E-state index >= 15 is 0 Å². The highest BCUT2D eigenvalue weighted by atomic mass is 32.1. The van der Waals surface area contributed by atoms with Gasteiger partial charge in [-0.05, 0) is 31.9 Å². The van der Waals surface area contributed by atoms with Crippen LogP contribution >= 0.6 is 11.3 Å². The first-order chi connectivity index (χ1) is 14.1. The largest absolute Gasteiger partial charge is 0.378 e. The Labute approximate surface area is 176 Å². The van der Waals surface area contributed by atoms with Crippen molar-refractivity contribution in [2.75, 3.05) is 26.3 Å². The number of carbonyl (C=O) groups is 1. The van der Waals surface area contributed by atoms with Gasteiger partial charge in [0.15, 0.2) is 0 Å². The predicted octanol–water partition coefficient (Wildman–Crippen LogP) is 3.87. The van der Waals surface area contributed by atoms with Crippen LogP contribution in [0.15, 0.2) is 41.8 Å². The van der Waals surface area contributed by atoms with E-state index in [0.29, 0.717) is 32.7 Å². The Morgan fingerprint density at radius 2 is 1.93 bits per heavy atom. The highest BCUT2D eigenvalue weighted by molar-refractivity contribution is 7.10. The van der Waals surface area contributed by atoms with Gasteiger partial charge in [-0.3, -0.25) is 4.79 Å². The van der Waals surface area contributed by atoms with Crippen LogP contribution < -0.4 is 0 Å². The minimum Gasteiger partial charge on any atom is -0.378 e. The number of morpholine rings is 1. The Hall–Kier alpha value is -2.44. The lowest BCUT2D eigenvalue weighted by molar-refractivity contribution is -0.134. The molecule has 0 unspecified atom stereocenters. The fourth-order valence-electron chi connectivity index (χ4n) is 3.86. The lowest BCUT2D eigenvalue weighted by Crippen LogP contribution is -2.41. The SMILES string of the molecule is Cc1cc(-c2csc(CC(=O)N3CCOCC3)n2)c(C)n1CCc1ccccc1. The van der Waals surface area contributed by atoms with E-state index in [1.54, 1.807) is 11.3 Å². The Morgan fingerprint density at radius 1 is 1.17 bits per heavy atom. The maximum Gasteiger partial charge on any atom is 0.229 e. The van der Waals surface area contributed by atoms with Crippen LogP contribution in [0.2, 0.25) is 0 Å². The van der Waals surface area contributed by atoms with Crippen molar-refractivity contribution in [3.05, 3.63) is 63.7 Å². The lowest BCUT2D eigenvalue weighted by atomic mass is 10.1. The van der Waals surface area contributed by atoms with Crippen molar-refractivity contribution in [3.63, 3.8) is 0 Å². The normalized spacial score (nSPS) is 14.3. The second-order valence-corrected chi connectivity index (χ2v) is 8.41. The van der Waals surface area contributed by atoms with Crippen molar-refractivity contribution >= 4 is 17.2 Å². The number of benzene rings is 1. The molecule has 0 saturated carbocycles. The van der Waals surface area contributed by atoms with Crippen LogP contribution in [-0.4, -0.2) is 46.7 Å². The maximum atomic E-state index is 12.5. The van der Waals surface area contributed by atoms with Crippen molar-refractivity contribution in [2.24, 2.45) is 0 Å². The number of aromatic nitrogens is 2. The second-order valence-electron chi connectivity index (χ2n) is 7.47. The zero-order valence-corrected chi connectivity index (χ0v) is 17.9. The van der Waals surface area contributed by atoms with Crippen molar-refractivity contribution in [1.82, 2.24) is 14.5 Å². The number of nitrogens with zero attached hydrogens (tertiary/aromatic N) is 3. The first kappa shape index (κ1) is 19.9. The Bertz CT molecular complexity index is 971. The predicted molar refractivity (Wildman–Crippen MR) is 116 cm³/mol. The number of amides is 1. The summed E-state index contributed by atoms with van der Waals surface area (Å²) in [5.74, 6) is 0.141. The zero-order valence-electron chi connectivity index (χ0n) is 17.1. The van der Waals surface area contributed by atoms with E-state index in [-0.39, 0.29) is 5.91 Å². The molecule has 2 aromatic heterocycles. The summed E-state index contributed by atoms with van der Waals surface area (Å²) in [5, 5.41) is 2.95. The third-order valence-corrected chi connectivity index (χ3v) is 6.38. The van der Waals surface area contributed by atoms with Crippen LogP contribution in [0.4, 0.5) is 0 Å². The minimum atomic E-state index is 0.141.